The molecule has 0 aliphatic rings. The number of furan rings is 1. The fourth-order valence-corrected chi connectivity index (χ4v) is 3.00. The molecule has 0 unspecified atom stereocenters. The molecule has 1 amide bonds. The molecule has 0 aliphatic carbocycles. The van der Waals surface area contributed by atoms with Crippen molar-refractivity contribution in [3.05, 3.63) is 52.7 Å². The largest absolute Gasteiger partial charge is 0.459 e. The van der Waals surface area contributed by atoms with Gasteiger partial charge in [0.2, 0.25) is 5.13 Å². The lowest BCUT2D eigenvalue weighted by Gasteiger charge is -2.01. The lowest BCUT2D eigenvalue weighted by Crippen LogP contribution is -2.25. The SMILES string of the molecule is Cc1cc(C)n(-c2nc(CCNC(=O)c3ccco3)cs2)n1. The van der Waals surface area contributed by atoms with Crippen LogP contribution in [0.2, 0.25) is 0 Å². The topological polar surface area (TPSA) is 73.0 Å². The summed E-state index contributed by atoms with van der Waals surface area (Å²) in [6.07, 6.45) is 2.15. The van der Waals surface area contributed by atoms with E-state index < -0.39 is 0 Å². The van der Waals surface area contributed by atoms with Gasteiger partial charge in [-0.15, -0.1) is 11.3 Å². The second-order valence-corrected chi connectivity index (χ2v) is 5.78. The molecule has 0 aromatic carbocycles. The van der Waals surface area contributed by atoms with Crippen LogP contribution in [0, 0.1) is 13.8 Å². The molecule has 0 spiro atoms. The van der Waals surface area contributed by atoms with Gasteiger partial charge in [-0.25, -0.2) is 9.67 Å². The van der Waals surface area contributed by atoms with E-state index in [-0.39, 0.29) is 5.91 Å². The number of aryl methyl sites for hydroxylation is 2. The summed E-state index contributed by atoms with van der Waals surface area (Å²) >= 11 is 1.54. The molecular weight excluding hydrogens is 300 g/mol. The zero-order chi connectivity index (χ0) is 15.5. The first-order valence-electron chi connectivity index (χ1n) is 6.93. The Labute approximate surface area is 131 Å². The summed E-state index contributed by atoms with van der Waals surface area (Å²) in [5.41, 5.74) is 2.97. The number of carbonyl (C=O) groups is 1. The highest BCUT2D eigenvalue weighted by Crippen LogP contribution is 2.17. The van der Waals surface area contributed by atoms with Crippen LogP contribution >= 0.6 is 11.3 Å². The quantitative estimate of drug-likeness (QED) is 0.785. The predicted octanol–water partition coefficient (Wildman–Crippen LogP) is 2.51. The summed E-state index contributed by atoms with van der Waals surface area (Å²) < 4.78 is 6.88. The van der Waals surface area contributed by atoms with E-state index in [0.717, 1.165) is 22.2 Å². The molecule has 0 aliphatic heterocycles. The number of carbonyl (C=O) groups excluding carboxylic acids is 1. The van der Waals surface area contributed by atoms with Gasteiger partial charge in [-0.05, 0) is 32.0 Å². The van der Waals surface area contributed by atoms with Gasteiger partial charge in [-0.3, -0.25) is 4.79 Å². The number of nitrogens with one attached hydrogen (secondary N) is 1. The van der Waals surface area contributed by atoms with E-state index in [0.29, 0.717) is 18.7 Å². The van der Waals surface area contributed by atoms with E-state index in [4.69, 9.17) is 4.42 Å². The number of rotatable bonds is 5. The maximum absolute atomic E-state index is 11.7. The van der Waals surface area contributed by atoms with Crippen molar-refractivity contribution in [2.45, 2.75) is 20.3 Å². The molecule has 0 bridgehead atoms. The van der Waals surface area contributed by atoms with E-state index in [1.165, 1.54) is 6.26 Å². The van der Waals surface area contributed by atoms with Crippen LogP contribution in [0.3, 0.4) is 0 Å². The van der Waals surface area contributed by atoms with Crippen molar-refractivity contribution >= 4 is 17.2 Å². The molecule has 0 saturated carbocycles. The van der Waals surface area contributed by atoms with Gasteiger partial charge in [-0.1, -0.05) is 0 Å². The Morgan fingerprint density at radius 1 is 1.45 bits per heavy atom. The van der Waals surface area contributed by atoms with Crippen LogP contribution in [0.4, 0.5) is 0 Å². The fraction of sp³-hybridized carbons (Fsp3) is 0.267. The van der Waals surface area contributed by atoms with Crippen molar-refractivity contribution in [2.75, 3.05) is 6.54 Å². The second-order valence-electron chi connectivity index (χ2n) is 4.94. The molecule has 3 aromatic heterocycles. The van der Waals surface area contributed by atoms with Crippen LogP contribution in [0.1, 0.15) is 27.6 Å². The molecule has 22 heavy (non-hydrogen) atoms. The maximum Gasteiger partial charge on any atom is 0.286 e. The Kier molecular flexibility index (Phi) is 4.06. The summed E-state index contributed by atoms with van der Waals surface area (Å²) in [6.45, 7) is 4.48. The number of thiazole rings is 1. The Hall–Kier alpha value is -2.41. The fourth-order valence-electron chi connectivity index (χ4n) is 2.13. The zero-order valence-electron chi connectivity index (χ0n) is 12.4. The van der Waals surface area contributed by atoms with Crippen LogP contribution < -0.4 is 5.32 Å². The third kappa shape index (κ3) is 3.09. The van der Waals surface area contributed by atoms with E-state index >= 15 is 0 Å². The van der Waals surface area contributed by atoms with E-state index in [2.05, 4.69) is 15.4 Å². The van der Waals surface area contributed by atoms with Crippen LogP contribution in [0.15, 0.2) is 34.3 Å². The van der Waals surface area contributed by atoms with Crippen LogP contribution in [-0.2, 0) is 6.42 Å². The van der Waals surface area contributed by atoms with Crippen molar-refractivity contribution in [1.29, 1.82) is 0 Å². The number of aromatic nitrogens is 3. The molecule has 1 N–H and O–H groups in total. The molecule has 3 heterocycles. The molecule has 114 valence electrons. The first-order chi connectivity index (χ1) is 10.6. The summed E-state index contributed by atoms with van der Waals surface area (Å²) in [5.74, 6) is 0.112. The average molecular weight is 316 g/mol. The average Bonchev–Trinajstić information content (AvgIpc) is 3.20. The number of hydrogen-bond donors (Lipinski definition) is 1. The van der Waals surface area contributed by atoms with Crippen LogP contribution in [-0.4, -0.2) is 27.2 Å². The standard InChI is InChI=1S/C15H16N4O2S/c1-10-8-11(2)19(18-10)15-17-12(9-22-15)5-6-16-14(20)13-4-3-7-21-13/h3-4,7-9H,5-6H2,1-2H3,(H,16,20). The minimum atomic E-state index is -0.209. The van der Waals surface area contributed by atoms with Crippen LogP contribution in [0.5, 0.6) is 0 Å². The first-order valence-corrected chi connectivity index (χ1v) is 7.81. The number of hydrogen-bond acceptors (Lipinski definition) is 5. The van der Waals surface area contributed by atoms with E-state index in [1.54, 1.807) is 23.5 Å². The lowest BCUT2D eigenvalue weighted by atomic mass is 10.3. The van der Waals surface area contributed by atoms with Crippen molar-refractivity contribution in [3.8, 4) is 5.13 Å². The van der Waals surface area contributed by atoms with Crippen molar-refractivity contribution in [3.63, 3.8) is 0 Å². The summed E-state index contributed by atoms with van der Waals surface area (Å²) in [5, 5.41) is 10.1. The monoisotopic (exact) mass is 316 g/mol. The molecule has 0 radical (unpaired) electrons. The number of nitrogens with zero attached hydrogens (tertiary/aromatic N) is 3. The maximum atomic E-state index is 11.7. The van der Waals surface area contributed by atoms with Gasteiger partial charge < -0.3 is 9.73 Å². The molecular formula is C15H16N4O2S. The Morgan fingerprint density at radius 2 is 2.32 bits per heavy atom. The highest BCUT2D eigenvalue weighted by atomic mass is 32.1. The third-order valence-electron chi connectivity index (χ3n) is 3.14. The van der Waals surface area contributed by atoms with Crippen molar-refractivity contribution < 1.29 is 9.21 Å². The minimum Gasteiger partial charge on any atom is -0.459 e. The third-order valence-corrected chi connectivity index (χ3v) is 4.01. The van der Waals surface area contributed by atoms with Gasteiger partial charge in [0.25, 0.3) is 5.91 Å². The lowest BCUT2D eigenvalue weighted by molar-refractivity contribution is 0.0926. The normalized spacial score (nSPS) is 10.8. The molecule has 6 nitrogen and oxygen atoms in total. The smallest absolute Gasteiger partial charge is 0.286 e. The van der Waals surface area contributed by atoms with Gasteiger partial charge >= 0.3 is 0 Å². The van der Waals surface area contributed by atoms with Crippen LogP contribution in [0.25, 0.3) is 5.13 Å². The Bertz CT molecular complexity index is 773. The molecule has 3 aromatic rings. The summed E-state index contributed by atoms with van der Waals surface area (Å²) in [7, 11) is 0. The molecule has 0 atom stereocenters. The Balaban J connectivity index is 1.58. The molecule has 0 saturated heterocycles. The van der Waals surface area contributed by atoms with Gasteiger partial charge in [0.05, 0.1) is 17.7 Å². The van der Waals surface area contributed by atoms with Crippen molar-refractivity contribution in [2.24, 2.45) is 0 Å². The first kappa shape index (κ1) is 14.5. The summed E-state index contributed by atoms with van der Waals surface area (Å²) in [4.78, 5) is 16.3. The van der Waals surface area contributed by atoms with Gasteiger partial charge in [0.1, 0.15) is 0 Å². The Morgan fingerprint density at radius 3 is 3.00 bits per heavy atom. The van der Waals surface area contributed by atoms with Gasteiger partial charge in [0.15, 0.2) is 5.76 Å². The summed E-state index contributed by atoms with van der Waals surface area (Å²) in [6, 6.07) is 5.35. The van der Waals surface area contributed by atoms with Crippen molar-refractivity contribution in [1.82, 2.24) is 20.1 Å². The van der Waals surface area contributed by atoms with E-state index in [1.807, 2.05) is 30.0 Å². The second kappa shape index (κ2) is 6.15. The highest BCUT2D eigenvalue weighted by Gasteiger charge is 2.10. The van der Waals surface area contributed by atoms with Gasteiger partial charge in [0, 0.05) is 24.0 Å². The minimum absolute atomic E-state index is 0.209. The zero-order valence-corrected chi connectivity index (χ0v) is 13.2. The molecule has 3 rings (SSSR count). The van der Waals surface area contributed by atoms with E-state index in [9.17, 15) is 4.79 Å². The number of amides is 1. The molecule has 7 heteroatoms. The predicted molar refractivity (Wildman–Crippen MR) is 83.5 cm³/mol. The molecule has 0 fully saturated rings. The van der Waals surface area contributed by atoms with Gasteiger partial charge in [-0.2, -0.15) is 5.10 Å². The highest BCUT2D eigenvalue weighted by molar-refractivity contribution is 7.12.